The molecule has 0 aromatic carbocycles. The van der Waals surface area contributed by atoms with Crippen molar-refractivity contribution in [2.45, 2.75) is 63.8 Å². The van der Waals surface area contributed by atoms with Gasteiger partial charge < -0.3 is 5.32 Å². The molecule has 0 radical (unpaired) electrons. The Balaban J connectivity index is 0.00000128. The predicted molar refractivity (Wildman–Crippen MR) is 69.1 cm³/mol. The zero-order chi connectivity index (χ0) is 10.7. The molecule has 1 aliphatic heterocycles. The average Bonchev–Trinajstić information content (AvgIpc) is 2.51. The number of carbonyl (C=O) groups excluding carboxylic acids is 1. The average molecular weight is 246 g/mol. The third-order valence-electron chi connectivity index (χ3n) is 4.32. The number of nitrogens with one attached hydrogen (secondary N) is 1. The molecule has 3 heteroatoms. The summed E-state index contributed by atoms with van der Waals surface area (Å²) in [4.78, 5) is 12.1. The van der Waals surface area contributed by atoms with E-state index in [-0.39, 0.29) is 17.9 Å². The zero-order valence-electron chi connectivity index (χ0n) is 10.3. The molecule has 0 spiro atoms. The van der Waals surface area contributed by atoms with Crippen molar-refractivity contribution in [1.29, 1.82) is 0 Å². The Morgan fingerprint density at radius 1 is 1.12 bits per heavy atom. The molecule has 0 aromatic heterocycles. The second kappa shape index (κ2) is 6.02. The first kappa shape index (κ1) is 14.0. The molecule has 1 saturated heterocycles. The van der Waals surface area contributed by atoms with Crippen LogP contribution in [-0.2, 0) is 4.79 Å². The molecule has 1 atom stereocenters. The minimum Gasteiger partial charge on any atom is -0.305 e. The van der Waals surface area contributed by atoms with E-state index >= 15 is 0 Å². The van der Waals surface area contributed by atoms with Crippen LogP contribution in [0.4, 0.5) is 0 Å². The summed E-state index contributed by atoms with van der Waals surface area (Å²) >= 11 is 0. The van der Waals surface area contributed by atoms with E-state index in [4.69, 9.17) is 0 Å². The number of hydrogen-bond donors (Lipinski definition) is 1. The fraction of sp³-hybridized carbons (Fsp3) is 0.923. The largest absolute Gasteiger partial charge is 0.305 e. The number of rotatable bonds is 1. The second-order valence-corrected chi connectivity index (χ2v) is 5.34. The molecule has 0 aromatic rings. The lowest BCUT2D eigenvalue weighted by Crippen LogP contribution is -2.57. The predicted octanol–water partition coefficient (Wildman–Crippen LogP) is 3.09. The molecular weight excluding hydrogens is 222 g/mol. The number of halogens is 1. The molecule has 94 valence electrons. The summed E-state index contributed by atoms with van der Waals surface area (Å²) in [6, 6.07) is 0. The maximum absolute atomic E-state index is 12.1. The zero-order valence-corrected chi connectivity index (χ0v) is 11.1. The van der Waals surface area contributed by atoms with Gasteiger partial charge in [-0.15, -0.1) is 12.4 Å². The van der Waals surface area contributed by atoms with Crippen molar-refractivity contribution in [3.8, 4) is 0 Å². The van der Waals surface area contributed by atoms with Gasteiger partial charge in [0.15, 0.2) is 5.78 Å². The Morgan fingerprint density at radius 3 is 2.31 bits per heavy atom. The third kappa shape index (κ3) is 2.78. The molecule has 2 fully saturated rings. The van der Waals surface area contributed by atoms with Crippen LogP contribution in [0.2, 0.25) is 0 Å². The van der Waals surface area contributed by atoms with E-state index < -0.39 is 0 Å². The summed E-state index contributed by atoms with van der Waals surface area (Å²) in [6.07, 6.45) is 9.66. The molecule has 1 unspecified atom stereocenters. The number of piperidine rings is 1. The lowest BCUT2D eigenvalue weighted by atomic mass is 9.74. The van der Waals surface area contributed by atoms with Gasteiger partial charge in [0, 0.05) is 6.42 Å². The monoisotopic (exact) mass is 245 g/mol. The van der Waals surface area contributed by atoms with E-state index in [0.29, 0.717) is 11.7 Å². The van der Waals surface area contributed by atoms with Crippen LogP contribution in [0.3, 0.4) is 0 Å². The highest BCUT2D eigenvalue weighted by atomic mass is 35.5. The second-order valence-electron chi connectivity index (χ2n) is 5.34. The quantitative estimate of drug-likeness (QED) is 0.720. The van der Waals surface area contributed by atoms with Crippen LogP contribution in [0.1, 0.15) is 58.3 Å². The third-order valence-corrected chi connectivity index (χ3v) is 4.32. The first-order valence-electron chi connectivity index (χ1n) is 6.52. The van der Waals surface area contributed by atoms with Crippen molar-refractivity contribution >= 4 is 18.2 Å². The van der Waals surface area contributed by atoms with Crippen LogP contribution in [0, 0.1) is 5.92 Å². The Morgan fingerprint density at radius 2 is 1.75 bits per heavy atom. The molecule has 16 heavy (non-hydrogen) atoms. The van der Waals surface area contributed by atoms with Gasteiger partial charge in [0.25, 0.3) is 0 Å². The van der Waals surface area contributed by atoms with Crippen LogP contribution in [0.5, 0.6) is 0 Å². The van der Waals surface area contributed by atoms with E-state index in [1.807, 2.05) is 0 Å². The summed E-state index contributed by atoms with van der Waals surface area (Å²) in [5.41, 5.74) is -0.192. The summed E-state index contributed by atoms with van der Waals surface area (Å²) in [5, 5.41) is 3.49. The van der Waals surface area contributed by atoms with Crippen LogP contribution < -0.4 is 5.32 Å². The number of carbonyl (C=O) groups is 1. The highest BCUT2D eigenvalue weighted by molar-refractivity contribution is 5.89. The van der Waals surface area contributed by atoms with E-state index in [2.05, 4.69) is 12.2 Å². The van der Waals surface area contributed by atoms with Gasteiger partial charge >= 0.3 is 0 Å². The highest BCUT2D eigenvalue weighted by Gasteiger charge is 2.41. The van der Waals surface area contributed by atoms with Crippen molar-refractivity contribution in [1.82, 2.24) is 5.32 Å². The molecule has 2 nitrogen and oxygen atoms in total. The standard InChI is InChI=1S/C13H23NO.ClH/c1-13(12(15)9-6-10-14-13)11-7-4-2-3-5-8-11;/h11,14H,2-10H2,1H3;1H. The molecule has 2 rings (SSSR count). The van der Waals surface area contributed by atoms with Crippen LogP contribution in [0.15, 0.2) is 0 Å². The first-order valence-corrected chi connectivity index (χ1v) is 6.52. The maximum Gasteiger partial charge on any atom is 0.152 e. The van der Waals surface area contributed by atoms with Gasteiger partial charge in [-0.25, -0.2) is 0 Å². The Labute approximate surface area is 105 Å². The van der Waals surface area contributed by atoms with Gasteiger partial charge in [-0.3, -0.25) is 4.79 Å². The SMILES string of the molecule is CC1(C2CCCCCC2)NCCCC1=O.Cl. The highest BCUT2D eigenvalue weighted by Crippen LogP contribution is 2.34. The summed E-state index contributed by atoms with van der Waals surface area (Å²) in [7, 11) is 0. The lowest BCUT2D eigenvalue weighted by molar-refractivity contribution is -0.129. The normalized spacial score (nSPS) is 32.9. The van der Waals surface area contributed by atoms with Crippen LogP contribution in [0.25, 0.3) is 0 Å². The molecule has 1 N–H and O–H groups in total. The molecule has 1 heterocycles. The fourth-order valence-corrected chi connectivity index (χ4v) is 3.18. The minimum absolute atomic E-state index is 0. The van der Waals surface area contributed by atoms with E-state index in [1.165, 1.54) is 38.5 Å². The van der Waals surface area contributed by atoms with Gasteiger partial charge in [-0.05, 0) is 38.6 Å². The van der Waals surface area contributed by atoms with Crippen molar-refractivity contribution in [3.63, 3.8) is 0 Å². The van der Waals surface area contributed by atoms with E-state index in [0.717, 1.165) is 19.4 Å². The van der Waals surface area contributed by atoms with Gasteiger partial charge in [-0.1, -0.05) is 25.7 Å². The van der Waals surface area contributed by atoms with Gasteiger partial charge in [0.1, 0.15) is 0 Å². The van der Waals surface area contributed by atoms with Crippen LogP contribution >= 0.6 is 12.4 Å². The van der Waals surface area contributed by atoms with E-state index in [1.54, 1.807) is 0 Å². The molecule has 1 saturated carbocycles. The maximum atomic E-state index is 12.1. The number of hydrogen-bond acceptors (Lipinski definition) is 2. The summed E-state index contributed by atoms with van der Waals surface area (Å²) in [5.74, 6) is 1.05. The van der Waals surface area contributed by atoms with Crippen molar-refractivity contribution in [3.05, 3.63) is 0 Å². The van der Waals surface area contributed by atoms with Crippen LogP contribution in [-0.4, -0.2) is 17.9 Å². The van der Waals surface area contributed by atoms with Gasteiger partial charge in [0.2, 0.25) is 0 Å². The number of ketones is 1. The van der Waals surface area contributed by atoms with E-state index in [9.17, 15) is 4.79 Å². The minimum atomic E-state index is -0.192. The topological polar surface area (TPSA) is 29.1 Å². The number of Topliss-reactive ketones (excluding diaryl/α,β-unsaturated/α-hetero) is 1. The summed E-state index contributed by atoms with van der Waals surface area (Å²) < 4.78 is 0. The van der Waals surface area contributed by atoms with Gasteiger partial charge in [-0.2, -0.15) is 0 Å². The molecule has 1 aliphatic carbocycles. The van der Waals surface area contributed by atoms with Crippen molar-refractivity contribution < 1.29 is 4.79 Å². The Bertz CT molecular complexity index is 236. The molecule has 0 amide bonds. The smallest absolute Gasteiger partial charge is 0.152 e. The molecule has 0 bridgehead atoms. The first-order chi connectivity index (χ1) is 7.23. The lowest BCUT2D eigenvalue weighted by Gasteiger charge is -2.40. The van der Waals surface area contributed by atoms with Crippen molar-refractivity contribution in [2.75, 3.05) is 6.54 Å². The Kier molecular flexibility index (Phi) is 5.26. The van der Waals surface area contributed by atoms with Gasteiger partial charge in [0.05, 0.1) is 5.54 Å². The Hall–Kier alpha value is -0.0800. The molecular formula is C13H24ClNO. The fourth-order valence-electron chi connectivity index (χ4n) is 3.18. The van der Waals surface area contributed by atoms with Crippen molar-refractivity contribution in [2.24, 2.45) is 5.92 Å². The summed E-state index contributed by atoms with van der Waals surface area (Å²) in [6.45, 7) is 3.17. The molecule has 2 aliphatic rings.